The number of rotatable bonds is 5. The van der Waals surface area contributed by atoms with Crippen molar-refractivity contribution in [3.8, 4) is 11.3 Å². The summed E-state index contributed by atoms with van der Waals surface area (Å²) in [6.45, 7) is 2.02. The molecule has 0 radical (unpaired) electrons. The molecule has 1 amide bonds. The van der Waals surface area contributed by atoms with Gasteiger partial charge in [0, 0.05) is 11.1 Å². The standard InChI is InChI=1S/C23H18N2O3S/c1-2-28-22(27)20-19(16-9-4-3-5-10-16)24-23(29-20)25-21(26)18-13-12-15-8-6-7-11-17(15)14-18/h3-14H,2H2,1H3,(H,24,25,26). The van der Waals surface area contributed by atoms with Crippen LogP contribution in [0.4, 0.5) is 5.13 Å². The molecule has 0 fully saturated rings. The molecule has 3 aromatic carbocycles. The van der Waals surface area contributed by atoms with Crippen LogP contribution in [0, 0.1) is 0 Å². The molecule has 0 aliphatic heterocycles. The van der Waals surface area contributed by atoms with Crippen molar-refractivity contribution in [2.45, 2.75) is 6.92 Å². The number of carbonyl (C=O) groups excluding carboxylic acids is 2. The number of benzene rings is 3. The molecule has 29 heavy (non-hydrogen) atoms. The Morgan fingerprint density at radius 3 is 2.45 bits per heavy atom. The van der Waals surface area contributed by atoms with Crippen LogP contribution in [0.3, 0.4) is 0 Å². The minimum absolute atomic E-state index is 0.268. The van der Waals surface area contributed by atoms with Crippen LogP contribution >= 0.6 is 11.3 Å². The van der Waals surface area contributed by atoms with Gasteiger partial charge in [-0.15, -0.1) is 0 Å². The van der Waals surface area contributed by atoms with Crippen molar-refractivity contribution >= 4 is 39.1 Å². The van der Waals surface area contributed by atoms with E-state index in [2.05, 4.69) is 10.3 Å². The molecule has 0 aliphatic rings. The first kappa shape index (κ1) is 18.8. The van der Waals surface area contributed by atoms with Crippen LogP contribution in [0.15, 0.2) is 72.8 Å². The minimum atomic E-state index is -0.449. The highest BCUT2D eigenvalue weighted by atomic mass is 32.1. The number of hydrogen-bond donors (Lipinski definition) is 1. The Balaban J connectivity index is 1.65. The van der Waals surface area contributed by atoms with Gasteiger partial charge in [0.15, 0.2) is 5.13 Å². The van der Waals surface area contributed by atoms with Gasteiger partial charge in [-0.2, -0.15) is 0 Å². The van der Waals surface area contributed by atoms with Crippen molar-refractivity contribution in [1.82, 2.24) is 4.98 Å². The molecular formula is C23H18N2O3S. The fourth-order valence-corrected chi connectivity index (χ4v) is 3.88. The van der Waals surface area contributed by atoms with E-state index in [-0.39, 0.29) is 12.5 Å². The summed E-state index contributed by atoms with van der Waals surface area (Å²) < 4.78 is 5.16. The summed E-state index contributed by atoms with van der Waals surface area (Å²) in [5, 5.41) is 5.21. The Labute approximate surface area is 172 Å². The van der Waals surface area contributed by atoms with Crippen molar-refractivity contribution in [1.29, 1.82) is 0 Å². The monoisotopic (exact) mass is 402 g/mol. The second-order valence-corrected chi connectivity index (χ2v) is 7.30. The number of carbonyl (C=O) groups is 2. The van der Waals surface area contributed by atoms with Crippen LogP contribution in [0.1, 0.15) is 27.0 Å². The number of amides is 1. The lowest BCUT2D eigenvalue weighted by molar-refractivity contribution is 0.0532. The van der Waals surface area contributed by atoms with Gasteiger partial charge in [0.2, 0.25) is 0 Å². The average molecular weight is 402 g/mol. The Kier molecular flexibility index (Phi) is 5.35. The summed E-state index contributed by atoms with van der Waals surface area (Å²) in [4.78, 5) is 30.0. The van der Waals surface area contributed by atoms with Crippen molar-refractivity contribution in [2.24, 2.45) is 0 Å². The third kappa shape index (κ3) is 4.02. The van der Waals surface area contributed by atoms with Gasteiger partial charge in [-0.1, -0.05) is 72.0 Å². The van der Waals surface area contributed by atoms with Crippen LogP contribution in [0.5, 0.6) is 0 Å². The molecule has 0 aliphatic carbocycles. The van der Waals surface area contributed by atoms with Gasteiger partial charge in [0.1, 0.15) is 4.88 Å². The maximum Gasteiger partial charge on any atom is 0.350 e. The molecule has 0 spiro atoms. The number of anilines is 1. The number of nitrogens with zero attached hydrogens (tertiary/aromatic N) is 1. The van der Waals surface area contributed by atoms with Gasteiger partial charge in [-0.3, -0.25) is 10.1 Å². The minimum Gasteiger partial charge on any atom is -0.462 e. The average Bonchev–Trinajstić information content (AvgIpc) is 3.18. The van der Waals surface area contributed by atoms with Gasteiger partial charge in [-0.05, 0) is 29.8 Å². The van der Waals surface area contributed by atoms with E-state index in [0.29, 0.717) is 21.3 Å². The Morgan fingerprint density at radius 2 is 1.69 bits per heavy atom. The highest BCUT2D eigenvalue weighted by Gasteiger charge is 2.21. The number of hydrogen-bond acceptors (Lipinski definition) is 5. The van der Waals surface area contributed by atoms with Gasteiger partial charge >= 0.3 is 5.97 Å². The van der Waals surface area contributed by atoms with Crippen molar-refractivity contribution in [3.63, 3.8) is 0 Å². The molecule has 144 valence electrons. The maximum atomic E-state index is 12.7. The first-order valence-electron chi connectivity index (χ1n) is 9.19. The topological polar surface area (TPSA) is 68.3 Å². The smallest absolute Gasteiger partial charge is 0.350 e. The van der Waals surface area contributed by atoms with Crippen LogP contribution in [0.25, 0.3) is 22.0 Å². The summed E-state index contributed by atoms with van der Waals surface area (Å²) in [6.07, 6.45) is 0. The largest absolute Gasteiger partial charge is 0.462 e. The third-order valence-electron chi connectivity index (χ3n) is 4.37. The number of thiazole rings is 1. The van der Waals surface area contributed by atoms with Crippen LogP contribution in [0.2, 0.25) is 0 Å². The number of ether oxygens (including phenoxy) is 1. The van der Waals surface area contributed by atoms with Crippen LogP contribution in [-0.4, -0.2) is 23.5 Å². The Bertz CT molecular complexity index is 1190. The van der Waals surface area contributed by atoms with E-state index in [1.807, 2.05) is 66.7 Å². The third-order valence-corrected chi connectivity index (χ3v) is 5.32. The Hall–Kier alpha value is -3.51. The normalized spacial score (nSPS) is 10.7. The SMILES string of the molecule is CCOC(=O)c1sc(NC(=O)c2ccc3ccccc3c2)nc1-c1ccccc1. The summed E-state index contributed by atoms with van der Waals surface area (Å²) in [5.74, 6) is -0.727. The number of fused-ring (bicyclic) bond motifs is 1. The fraction of sp³-hybridized carbons (Fsp3) is 0.0870. The molecule has 1 N–H and O–H groups in total. The molecule has 0 saturated heterocycles. The molecule has 0 atom stereocenters. The second-order valence-electron chi connectivity index (χ2n) is 6.30. The molecule has 1 heterocycles. The van der Waals surface area contributed by atoms with Crippen molar-refractivity contribution in [2.75, 3.05) is 11.9 Å². The van der Waals surface area contributed by atoms with E-state index >= 15 is 0 Å². The molecule has 4 aromatic rings. The molecule has 4 rings (SSSR count). The first-order valence-corrected chi connectivity index (χ1v) is 10.0. The van der Waals surface area contributed by atoms with E-state index in [0.717, 1.165) is 27.7 Å². The van der Waals surface area contributed by atoms with Crippen molar-refractivity contribution in [3.05, 3.63) is 83.2 Å². The highest BCUT2D eigenvalue weighted by molar-refractivity contribution is 7.18. The lowest BCUT2D eigenvalue weighted by atomic mass is 10.1. The summed E-state index contributed by atoms with van der Waals surface area (Å²) in [5.41, 5.74) is 1.82. The van der Waals surface area contributed by atoms with E-state index < -0.39 is 5.97 Å². The predicted molar refractivity (Wildman–Crippen MR) is 115 cm³/mol. The molecule has 1 aromatic heterocycles. The van der Waals surface area contributed by atoms with Gasteiger partial charge in [0.05, 0.1) is 12.3 Å². The van der Waals surface area contributed by atoms with Crippen molar-refractivity contribution < 1.29 is 14.3 Å². The summed E-state index contributed by atoms with van der Waals surface area (Å²) >= 11 is 1.11. The molecule has 6 heteroatoms. The summed E-state index contributed by atoms with van der Waals surface area (Å²) in [7, 11) is 0. The highest BCUT2D eigenvalue weighted by Crippen LogP contribution is 2.32. The van der Waals surface area contributed by atoms with Crippen LogP contribution in [-0.2, 0) is 4.74 Å². The molecule has 0 bridgehead atoms. The lowest BCUT2D eigenvalue weighted by Gasteiger charge is -2.03. The zero-order chi connectivity index (χ0) is 20.2. The quantitative estimate of drug-likeness (QED) is 0.454. The molecule has 0 unspecified atom stereocenters. The second kappa shape index (κ2) is 8.24. The van der Waals surface area contributed by atoms with E-state index in [1.165, 1.54) is 0 Å². The number of esters is 1. The number of aromatic nitrogens is 1. The lowest BCUT2D eigenvalue weighted by Crippen LogP contribution is -2.11. The predicted octanol–water partition coefficient (Wildman–Crippen LogP) is 5.39. The van der Waals surface area contributed by atoms with Gasteiger partial charge in [-0.25, -0.2) is 9.78 Å². The van der Waals surface area contributed by atoms with Gasteiger partial charge in [0.25, 0.3) is 5.91 Å². The van der Waals surface area contributed by atoms with E-state index in [1.54, 1.807) is 13.0 Å². The first-order chi connectivity index (χ1) is 14.2. The number of nitrogens with one attached hydrogen (secondary N) is 1. The Morgan fingerprint density at radius 1 is 0.966 bits per heavy atom. The fourth-order valence-electron chi connectivity index (χ4n) is 3.00. The van der Waals surface area contributed by atoms with Crippen LogP contribution < -0.4 is 5.32 Å². The zero-order valence-electron chi connectivity index (χ0n) is 15.7. The van der Waals surface area contributed by atoms with E-state index in [9.17, 15) is 9.59 Å². The van der Waals surface area contributed by atoms with E-state index in [4.69, 9.17) is 4.74 Å². The zero-order valence-corrected chi connectivity index (χ0v) is 16.5. The summed E-state index contributed by atoms with van der Waals surface area (Å²) in [6, 6.07) is 22.7. The maximum absolute atomic E-state index is 12.7. The van der Waals surface area contributed by atoms with Gasteiger partial charge < -0.3 is 4.74 Å². The molecule has 5 nitrogen and oxygen atoms in total. The molecule has 0 saturated carbocycles. The molecular weight excluding hydrogens is 384 g/mol.